The Morgan fingerprint density at radius 3 is 2.79 bits per heavy atom. The molecule has 3 rings (SSSR count). The number of rotatable bonds is 4. The summed E-state index contributed by atoms with van der Waals surface area (Å²) in [6.07, 6.45) is 3.26. The van der Waals surface area contributed by atoms with E-state index in [9.17, 15) is 9.90 Å². The van der Waals surface area contributed by atoms with Crippen molar-refractivity contribution in [2.24, 2.45) is 0 Å². The number of aliphatic hydroxyl groups excluding tert-OH is 1. The zero-order valence-corrected chi connectivity index (χ0v) is 14.5. The highest BCUT2D eigenvalue weighted by atomic mass is 16.3. The summed E-state index contributed by atoms with van der Waals surface area (Å²) < 4.78 is 2.29. The molecule has 2 aromatic rings. The lowest BCUT2D eigenvalue weighted by molar-refractivity contribution is -0.120. The van der Waals surface area contributed by atoms with Crippen molar-refractivity contribution in [1.29, 1.82) is 0 Å². The van der Waals surface area contributed by atoms with Crippen LogP contribution in [0.4, 0.5) is 0 Å². The largest absolute Gasteiger partial charge is 0.391 e. The number of carbonyl (C=O) groups excluding carboxylic acids is 1. The van der Waals surface area contributed by atoms with Gasteiger partial charge in [-0.1, -0.05) is 18.2 Å². The summed E-state index contributed by atoms with van der Waals surface area (Å²) in [4.78, 5) is 13.7. The predicted molar refractivity (Wildman–Crippen MR) is 95.7 cm³/mol. The fraction of sp³-hybridized carbons (Fsp3) is 0.526. The molecule has 0 bridgehead atoms. The van der Waals surface area contributed by atoms with Crippen LogP contribution >= 0.6 is 0 Å². The fourth-order valence-electron chi connectivity index (χ4n) is 3.68. The maximum Gasteiger partial charge on any atom is 0.217 e. The van der Waals surface area contributed by atoms with Crippen molar-refractivity contribution in [2.75, 3.05) is 13.1 Å². The molecular weight excluding hydrogens is 302 g/mol. The lowest BCUT2D eigenvalue weighted by Gasteiger charge is -2.20. The van der Waals surface area contributed by atoms with Crippen molar-refractivity contribution in [3.8, 4) is 0 Å². The summed E-state index contributed by atoms with van der Waals surface area (Å²) >= 11 is 0. The molecule has 0 spiro atoms. The van der Waals surface area contributed by atoms with Crippen LogP contribution in [0.5, 0.6) is 0 Å². The molecule has 0 saturated carbocycles. The number of hydrogen-bond acceptors (Lipinski definition) is 3. The zero-order chi connectivity index (χ0) is 17.1. The van der Waals surface area contributed by atoms with Gasteiger partial charge in [-0.15, -0.1) is 0 Å². The Bertz CT molecular complexity index is 710. The molecule has 2 atom stereocenters. The van der Waals surface area contributed by atoms with Crippen molar-refractivity contribution >= 4 is 16.8 Å². The van der Waals surface area contributed by atoms with Gasteiger partial charge < -0.3 is 15.0 Å². The number of carbonyl (C=O) groups is 1. The van der Waals surface area contributed by atoms with Crippen LogP contribution in [0.25, 0.3) is 10.9 Å². The first-order chi connectivity index (χ1) is 11.6. The summed E-state index contributed by atoms with van der Waals surface area (Å²) in [6.45, 7) is 7.25. The molecule has 2 heterocycles. The van der Waals surface area contributed by atoms with Gasteiger partial charge in [0.1, 0.15) is 0 Å². The average molecular weight is 329 g/mol. The Kier molecular flexibility index (Phi) is 5.21. The normalized spacial score (nSPS) is 22.5. The van der Waals surface area contributed by atoms with Gasteiger partial charge >= 0.3 is 0 Å². The molecule has 2 N–H and O–H groups in total. The number of amides is 1. The van der Waals surface area contributed by atoms with Crippen LogP contribution in [0.15, 0.2) is 30.5 Å². The van der Waals surface area contributed by atoms with E-state index in [0.717, 1.165) is 32.6 Å². The number of nitrogens with zero attached hydrogens (tertiary/aromatic N) is 2. The standard InChI is InChI=1S/C19H27N3O2/c1-3-22-13-15(16-6-4-5-7-18(16)22)12-21-10-8-17(20-14(2)23)19(24)9-11-21/h4-7,13,17,19,24H,3,8-12H2,1-2H3,(H,20,23)/t17-,19-/m0/s1. The monoisotopic (exact) mass is 329 g/mol. The first-order valence-electron chi connectivity index (χ1n) is 8.82. The third-order valence-electron chi connectivity index (χ3n) is 4.96. The van der Waals surface area contributed by atoms with Gasteiger partial charge in [0.05, 0.1) is 12.1 Å². The fourth-order valence-corrected chi connectivity index (χ4v) is 3.68. The van der Waals surface area contributed by atoms with Crippen molar-refractivity contribution < 1.29 is 9.90 Å². The van der Waals surface area contributed by atoms with Crippen molar-refractivity contribution in [3.05, 3.63) is 36.0 Å². The van der Waals surface area contributed by atoms with Crippen molar-refractivity contribution in [1.82, 2.24) is 14.8 Å². The molecule has 0 aliphatic carbocycles. The third kappa shape index (κ3) is 3.62. The summed E-state index contributed by atoms with van der Waals surface area (Å²) in [5.74, 6) is -0.0708. The van der Waals surface area contributed by atoms with Gasteiger partial charge in [-0.05, 0) is 31.4 Å². The van der Waals surface area contributed by atoms with E-state index in [2.05, 4.69) is 52.2 Å². The van der Waals surface area contributed by atoms with E-state index in [4.69, 9.17) is 0 Å². The number of benzene rings is 1. The number of likely N-dealkylation sites (tertiary alicyclic amines) is 1. The van der Waals surface area contributed by atoms with E-state index >= 15 is 0 Å². The smallest absolute Gasteiger partial charge is 0.217 e. The molecule has 1 aromatic carbocycles. The van der Waals surface area contributed by atoms with Gasteiger partial charge in [0.25, 0.3) is 0 Å². The van der Waals surface area contributed by atoms with E-state index in [1.54, 1.807) is 0 Å². The number of para-hydroxylation sites is 1. The highest BCUT2D eigenvalue weighted by Crippen LogP contribution is 2.24. The molecule has 1 aliphatic rings. The molecule has 24 heavy (non-hydrogen) atoms. The molecule has 1 fully saturated rings. The van der Waals surface area contributed by atoms with E-state index in [0.29, 0.717) is 6.42 Å². The Labute approximate surface area is 143 Å². The van der Waals surface area contributed by atoms with Crippen LogP contribution in [0.3, 0.4) is 0 Å². The van der Waals surface area contributed by atoms with Crippen molar-refractivity contribution in [2.45, 2.75) is 51.9 Å². The number of aromatic nitrogens is 1. The molecule has 1 aromatic heterocycles. The Morgan fingerprint density at radius 1 is 1.29 bits per heavy atom. The lowest BCUT2D eigenvalue weighted by Crippen LogP contribution is -2.42. The molecule has 0 unspecified atom stereocenters. The number of aliphatic hydroxyl groups is 1. The Balaban J connectivity index is 1.74. The minimum atomic E-state index is -0.462. The Morgan fingerprint density at radius 2 is 2.04 bits per heavy atom. The summed E-state index contributed by atoms with van der Waals surface area (Å²) in [5, 5.41) is 14.4. The average Bonchev–Trinajstić information content (AvgIpc) is 2.83. The minimum Gasteiger partial charge on any atom is -0.391 e. The van der Waals surface area contributed by atoms with Crippen LogP contribution in [-0.2, 0) is 17.9 Å². The first kappa shape index (κ1) is 17.0. The minimum absolute atomic E-state index is 0.0708. The topological polar surface area (TPSA) is 57.5 Å². The number of nitrogens with one attached hydrogen (secondary N) is 1. The van der Waals surface area contributed by atoms with Gasteiger partial charge in [-0.3, -0.25) is 9.69 Å². The maximum atomic E-state index is 11.3. The van der Waals surface area contributed by atoms with E-state index in [-0.39, 0.29) is 11.9 Å². The number of hydrogen-bond donors (Lipinski definition) is 2. The highest BCUT2D eigenvalue weighted by molar-refractivity contribution is 5.83. The molecule has 1 saturated heterocycles. The van der Waals surface area contributed by atoms with E-state index in [1.807, 2.05) is 0 Å². The van der Waals surface area contributed by atoms with Crippen LogP contribution < -0.4 is 5.32 Å². The molecule has 1 amide bonds. The highest BCUT2D eigenvalue weighted by Gasteiger charge is 2.25. The second-order valence-corrected chi connectivity index (χ2v) is 6.69. The van der Waals surface area contributed by atoms with Crippen LogP contribution in [0.1, 0.15) is 32.3 Å². The molecule has 0 radical (unpaired) electrons. The molecular formula is C19H27N3O2. The van der Waals surface area contributed by atoms with Crippen LogP contribution in [0, 0.1) is 0 Å². The predicted octanol–water partition coefficient (Wildman–Crippen LogP) is 2.12. The third-order valence-corrected chi connectivity index (χ3v) is 4.96. The number of fused-ring (bicyclic) bond motifs is 1. The van der Waals surface area contributed by atoms with Crippen LogP contribution in [-0.4, -0.2) is 45.7 Å². The quantitative estimate of drug-likeness (QED) is 0.903. The van der Waals surface area contributed by atoms with Crippen LogP contribution in [0.2, 0.25) is 0 Å². The van der Waals surface area contributed by atoms with Gasteiger partial charge in [0.2, 0.25) is 5.91 Å². The summed E-state index contributed by atoms with van der Waals surface area (Å²) in [7, 11) is 0. The van der Waals surface area contributed by atoms with Crippen molar-refractivity contribution in [3.63, 3.8) is 0 Å². The molecule has 5 heteroatoms. The van der Waals surface area contributed by atoms with Gasteiger partial charge in [-0.2, -0.15) is 0 Å². The summed E-state index contributed by atoms with van der Waals surface area (Å²) in [6, 6.07) is 8.39. The first-order valence-corrected chi connectivity index (χ1v) is 8.82. The van der Waals surface area contributed by atoms with Gasteiger partial charge in [-0.25, -0.2) is 0 Å². The van der Waals surface area contributed by atoms with E-state index in [1.165, 1.54) is 23.4 Å². The summed E-state index contributed by atoms with van der Waals surface area (Å²) in [5.41, 5.74) is 2.61. The second-order valence-electron chi connectivity index (χ2n) is 6.69. The maximum absolute atomic E-state index is 11.3. The number of aryl methyl sites for hydroxylation is 1. The van der Waals surface area contributed by atoms with Gasteiger partial charge in [0.15, 0.2) is 0 Å². The SMILES string of the molecule is CCn1cc(CN2CC[C@H](NC(C)=O)[C@@H](O)CC2)c2ccccc21. The Hall–Kier alpha value is -1.85. The van der Waals surface area contributed by atoms with E-state index < -0.39 is 6.10 Å². The molecule has 5 nitrogen and oxygen atoms in total. The second kappa shape index (κ2) is 7.36. The molecule has 1 aliphatic heterocycles. The molecule has 130 valence electrons. The lowest BCUT2D eigenvalue weighted by atomic mass is 10.1. The van der Waals surface area contributed by atoms with Gasteiger partial charge in [0, 0.05) is 50.2 Å². The zero-order valence-electron chi connectivity index (χ0n) is 14.5.